The van der Waals surface area contributed by atoms with Crippen molar-refractivity contribution in [1.29, 1.82) is 0 Å². The first-order valence-corrected chi connectivity index (χ1v) is 6.98. The first-order chi connectivity index (χ1) is 10.0. The summed E-state index contributed by atoms with van der Waals surface area (Å²) < 4.78 is 19.7. The maximum absolute atomic E-state index is 13.4. The molecule has 106 valence electrons. The third-order valence-electron chi connectivity index (χ3n) is 2.74. The number of carboxylic acid groups (broad SMARTS) is 1. The number of pyridine rings is 1. The molecule has 1 aromatic carbocycles. The molecule has 0 aliphatic heterocycles. The van der Waals surface area contributed by atoms with Gasteiger partial charge in [-0.25, -0.2) is 9.18 Å². The second-order valence-electron chi connectivity index (χ2n) is 4.14. The lowest BCUT2D eigenvalue weighted by Crippen LogP contribution is -1.90. The van der Waals surface area contributed by atoms with Crippen molar-refractivity contribution in [3.63, 3.8) is 0 Å². The van der Waals surface area contributed by atoms with Crippen molar-refractivity contribution in [2.45, 2.75) is 0 Å². The number of thiophene rings is 1. The number of nitrogens with zero attached hydrogens (tertiary/aromatic N) is 1. The molecule has 0 atom stereocenters. The highest BCUT2D eigenvalue weighted by Gasteiger charge is 2.13. The van der Waals surface area contributed by atoms with E-state index in [1.807, 2.05) is 0 Å². The Hall–Kier alpha value is -2.18. The number of hydrogen-bond donors (Lipinski definition) is 1. The fourth-order valence-electron chi connectivity index (χ4n) is 1.79. The number of aromatic carboxylic acids is 1. The smallest absolute Gasteiger partial charge is 0.345 e. The molecule has 2 heterocycles. The maximum atomic E-state index is 13.4. The summed E-state index contributed by atoms with van der Waals surface area (Å²) in [6, 6.07) is 5.57. The van der Waals surface area contributed by atoms with Gasteiger partial charge in [0.25, 0.3) is 0 Å². The number of hydrogen-bond acceptors (Lipinski definition) is 4. The summed E-state index contributed by atoms with van der Waals surface area (Å²) in [6.45, 7) is 0. The van der Waals surface area contributed by atoms with Crippen LogP contribution in [0.1, 0.15) is 9.67 Å². The van der Waals surface area contributed by atoms with Crippen LogP contribution in [-0.2, 0) is 0 Å². The number of benzene rings is 1. The Morgan fingerprint density at radius 1 is 1.33 bits per heavy atom. The van der Waals surface area contributed by atoms with E-state index in [0.717, 1.165) is 17.4 Å². The molecule has 0 unspecified atom stereocenters. The molecular weight excluding hydrogens is 317 g/mol. The predicted molar refractivity (Wildman–Crippen MR) is 78.1 cm³/mol. The van der Waals surface area contributed by atoms with Gasteiger partial charge in [0.2, 0.25) is 0 Å². The van der Waals surface area contributed by atoms with E-state index in [1.54, 1.807) is 6.20 Å². The van der Waals surface area contributed by atoms with Gasteiger partial charge in [-0.15, -0.1) is 11.3 Å². The van der Waals surface area contributed by atoms with Crippen LogP contribution in [0.25, 0.3) is 10.1 Å². The Balaban J connectivity index is 2.03. The normalized spacial score (nSPS) is 10.8. The Labute approximate surface area is 127 Å². The Kier molecular flexibility index (Phi) is 3.48. The largest absolute Gasteiger partial charge is 0.477 e. The predicted octanol–water partition coefficient (Wildman–Crippen LogP) is 4.58. The molecule has 0 spiro atoms. The van der Waals surface area contributed by atoms with Crippen LogP contribution in [0, 0.1) is 5.82 Å². The number of rotatable bonds is 3. The second-order valence-corrected chi connectivity index (χ2v) is 5.63. The summed E-state index contributed by atoms with van der Waals surface area (Å²) in [6.07, 6.45) is 3.01. The molecule has 0 bridgehead atoms. The third-order valence-corrected chi connectivity index (χ3v) is 4.10. The highest BCUT2D eigenvalue weighted by Crippen LogP contribution is 2.35. The molecule has 0 radical (unpaired) electrons. The Morgan fingerprint density at radius 3 is 2.86 bits per heavy atom. The molecule has 7 heteroatoms. The average molecular weight is 324 g/mol. The summed E-state index contributed by atoms with van der Waals surface area (Å²) in [5, 5.41) is 9.63. The molecular formula is C14H7ClFNO3S. The van der Waals surface area contributed by atoms with Crippen LogP contribution in [0.3, 0.4) is 0 Å². The standard InChI is InChI=1S/C14H7ClFNO3S/c15-9-2-1-7(3-10(9)16)20-11-5-17-6-13-8(11)4-12(21-13)14(18)19/h1-6H,(H,18,19). The summed E-state index contributed by atoms with van der Waals surface area (Å²) in [4.78, 5) is 15.2. The van der Waals surface area contributed by atoms with Crippen molar-refractivity contribution < 1.29 is 19.0 Å². The maximum Gasteiger partial charge on any atom is 0.345 e. The van der Waals surface area contributed by atoms with Crippen LogP contribution in [0.15, 0.2) is 36.7 Å². The van der Waals surface area contributed by atoms with Gasteiger partial charge in [-0.1, -0.05) is 11.6 Å². The van der Waals surface area contributed by atoms with Gasteiger partial charge < -0.3 is 9.84 Å². The van der Waals surface area contributed by atoms with Crippen molar-refractivity contribution in [2.75, 3.05) is 0 Å². The van der Waals surface area contributed by atoms with Crippen molar-refractivity contribution in [3.05, 3.63) is 52.4 Å². The molecule has 21 heavy (non-hydrogen) atoms. The lowest BCUT2D eigenvalue weighted by atomic mass is 10.3. The highest BCUT2D eigenvalue weighted by atomic mass is 35.5. The van der Waals surface area contributed by atoms with E-state index < -0.39 is 11.8 Å². The van der Waals surface area contributed by atoms with Gasteiger partial charge in [0, 0.05) is 17.6 Å². The van der Waals surface area contributed by atoms with Crippen molar-refractivity contribution in [2.24, 2.45) is 0 Å². The molecule has 0 saturated carbocycles. The number of halogens is 2. The Morgan fingerprint density at radius 2 is 2.14 bits per heavy atom. The zero-order valence-corrected chi connectivity index (χ0v) is 11.9. The molecule has 2 aromatic heterocycles. The second kappa shape index (κ2) is 5.31. The summed E-state index contributed by atoms with van der Waals surface area (Å²) in [5.41, 5.74) is 0. The molecule has 0 aliphatic rings. The topological polar surface area (TPSA) is 59.4 Å². The highest BCUT2D eigenvalue weighted by molar-refractivity contribution is 7.20. The number of aromatic nitrogens is 1. The minimum atomic E-state index is -1.01. The molecule has 0 amide bonds. The zero-order valence-electron chi connectivity index (χ0n) is 10.3. The van der Waals surface area contributed by atoms with Gasteiger partial charge in [-0.2, -0.15) is 0 Å². The SMILES string of the molecule is O=C(O)c1cc2c(Oc3ccc(Cl)c(F)c3)cncc2s1. The molecule has 1 N–H and O–H groups in total. The first kappa shape index (κ1) is 13.8. The van der Waals surface area contributed by atoms with E-state index >= 15 is 0 Å². The number of carboxylic acids is 1. The lowest BCUT2D eigenvalue weighted by molar-refractivity contribution is 0.0702. The van der Waals surface area contributed by atoms with Gasteiger partial charge in [0.05, 0.1) is 15.9 Å². The molecule has 3 aromatic rings. The minimum Gasteiger partial charge on any atom is -0.477 e. The van der Waals surface area contributed by atoms with E-state index in [0.29, 0.717) is 15.8 Å². The molecule has 4 nitrogen and oxygen atoms in total. The average Bonchev–Trinajstić information content (AvgIpc) is 2.88. The monoisotopic (exact) mass is 323 g/mol. The van der Waals surface area contributed by atoms with Gasteiger partial charge in [-0.05, 0) is 18.2 Å². The van der Waals surface area contributed by atoms with Crippen LogP contribution in [0.2, 0.25) is 5.02 Å². The van der Waals surface area contributed by atoms with Gasteiger partial charge in [-0.3, -0.25) is 4.98 Å². The molecule has 3 rings (SSSR count). The van der Waals surface area contributed by atoms with E-state index in [-0.39, 0.29) is 15.6 Å². The van der Waals surface area contributed by atoms with Gasteiger partial charge in [0.1, 0.15) is 16.4 Å². The summed E-state index contributed by atoms with van der Waals surface area (Å²) in [7, 11) is 0. The summed E-state index contributed by atoms with van der Waals surface area (Å²) >= 11 is 6.71. The van der Waals surface area contributed by atoms with Crippen molar-refractivity contribution in [1.82, 2.24) is 4.98 Å². The molecule has 0 aliphatic carbocycles. The van der Waals surface area contributed by atoms with Crippen LogP contribution < -0.4 is 4.74 Å². The fourth-order valence-corrected chi connectivity index (χ4v) is 2.79. The first-order valence-electron chi connectivity index (χ1n) is 5.78. The minimum absolute atomic E-state index is 0.00220. The quantitative estimate of drug-likeness (QED) is 0.766. The number of fused-ring (bicyclic) bond motifs is 1. The zero-order chi connectivity index (χ0) is 15.0. The Bertz CT molecular complexity index is 849. The van der Waals surface area contributed by atoms with Crippen LogP contribution in [-0.4, -0.2) is 16.1 Å². The van der Waals surface area contributed by atoms with E-state index in [1.165, 1.54) is 24.4 Å². The lowest BCUT2D eigenvalue weighted by Gasteiger charge is -2.06. The molecule has 0 saturated heterocycles. The van der Waals surface area contributed by atoms with Crippen molar-refractivity contribution >= 4 is 39.0 Å². The summed E-state index contributed by atoms with van der Waals surface area (Å²) in [5.74, 6) is -0.988. The van der Waals surface area contributed by atoms with E-state index in [2.05, 4.69) is 4.98 Å². The number of ether oxygens (including phenoxy) is 1. The van der Waals surface area contributed by atoms with E-state index in [4.69, 9.17) is 21.4 Å². The van der Waals surface area contributed by atoms with Crippen LogP contribution in [0.5, 0.6) is 11.5 Å². The third kappa shape index (κ3) is 2.68. The van der Waals surface area contributed by atoms with Crippen molar-refractivity contribution in [3.8, 4) is 11.5 Å². The molecule has 0 fully saturated rings. The van der Waals surface area contributed by atoms with Gasteiger partial charge >= 0.3 is 5.97 Å². The fraction of sp³-hybridized carbons (Fsp3) is 0. The van der Waals surface area contributed by atoms with Gasteiger partial charge in [0.15, 0.2) is 5.75 Å². The number of carbonyl (C=O) groups is 1. The van der Waals surface area contributed by atoms with E-state index in [9.17, 15) is 9.18 Å². The van der Waals surface area contributed by atoms with Crippen LogP contribution in [0.4, 0.5) is 4.39 Å². The van der Waals surface area contributed by atoms with Crippen LogP contribution >= 0.6 is 22.9 Å².